The van der Waals surface area contributed by atoms with Crippen LogP contribution in [-0.2, 0) is 4.79 Å². The first-order valence-electron chi connectivity index (χ1n) is 12.7. The molecule has 3 aliphatic rings. The lowest BCUT2D eigenvalue weighted by molar-refractivity contribution is -0.141. The second-order valence-electron chi connectivity index (χ2n) is 9.75. The molecule has 0 N–H and O–H groups in total. The summed E-state index contributed by atoms with van der Waals surface area (Å²) in [5.74, 6) is 1.60. The summed E-state index contributed by atoms with van der Waals surface area (Å²) in [6.45, 7) is 4.19. The molecular weight excluding hydrogens is 474 g/mol. The van der Waals surface area contributed by atoms with E-state index in [2.05, 4.69) is 54.3 Å². The fourth-order valence-electron chi connectivity index (χ4n) is 5.79. The van der Waals surface area contributed by atoms with Crippen LogP contribution in [0.1, 0.15) is 49.8 Å². The van der Waals surface area contributed by atoms with Crippen LogP contribution in [0.4, 0.5) is 0 Å². The number of hydrogen-bond donors (Lipinski definition) is 0. The van der Waals surface area contributed by atoms with E-state index >= 15 is 0 Å². The number of fused-ring (bicyclic) bond motifs is 1. The van der Waals surface area contributed by atoms with Crippen LogP contribution in [-0.4, -0.2) is 54.9 Å². The third-order valence-corrected chi connectivity index (χ3v) is 7.90. The molecule has 36 heavy (non-hydrogen) atoms. The minimum absolute atomic E-state index is 0. The molecule has 1 saturated heterocycles. The van der Waals surface area contributed by atoms with E-state index < -0.39 is 0 Å². The molecule has 0 radical (unpaired) electrons. The summed E-state index contributed by atoms with van der Waals surface area (Å²) < 4.78 is 11.0. The smallest absolute Gasteiger partial charge is 0.247 e. The molecule has 0 aromatic heterocycles. The number of hydrazone groups is 1. The molecule has 2 aromatic carbocycles. The zero-order chi connectivity index (χ0) is 24.4. The van der Waals surface area contributed by atoms with Crippen molar-refractivity contribution in [3.8, 4) is 11.5 Å². The molecule has 0 spiro atoms. The van der Waals surface area contributed by atoms with Gasteiger partial charge in [-0.25, -0.2) is 5.01 Å². The van der Waals surface area contributed by atoms with Crippen molar-refractivity contribution in [2.45, 2.75) is 44.7 Å². The van der Waals surface area contributed by atoms with Gasteiger partial charge in [-0.2, -0.15) is 5.10 Å². The molecule has 0 saturated carbocycles. The zero-order valence-electron chi connectivity index (χ0n) is 21.3. The number of benzene rings is 2. The topological polar surface area (TPSA) is 54.4 Å². The number of allylic oxidation sites excluding steroid dienone is 2. The highest BCUT2D eigenvalue weighted by Gasteiger charge is 2.43. The number of methoxy groups -OCH3 is 2. The van der Waals surface area contributed by atoms with Crippen LogP contribution in [0.2, 0.25) is 0 Å². The summed E-state index contributed by atoms with van der Waals surface area (Å²) in [5, 5.41) is 6.88. The second kappa shape index (κ2) is 11.5. The van der Waals surface area contributed by atoms with E-state index in [0.29, 0.717) is 17.5 Å². The van der Waals surface area contributed by atoms with Gasteiger partial charge in [0, 0.05) is 30.6 Å². The van der Waals surface area contributed by atoms with Gasteiger partial charge >= 0.3 is 0 Å². The molecule has 2 aliphatic heterocycles. The Morgan fingerprint density at radius 1 is 0.917 bits per heavy atom. The fourth-order valence-corrected chi connectivity index (χ4v) is 5.79. The predicted molar refractivity (Wildman–Crippen MR) is 145 cm³/mol. The zero-order valence-corrected chi connectivity index (χ0v) is 22.1. The Labute approximate surface area is 220 Å². The Morgan fingerprint density at radius 2 is 1.58 bits per heavy atom. The van der Waals surface area contributed by atoms with E-state index in [-0.39, 0.29) is 36.2 Å². The number of ether oxygens (including phenoxy) is 2. The predicted octanol–water partition coefficient (Wildman–Crippen LogP) is 5.48. The minimum Gasteiger partial charge on any atom is -0.493 e. The molecule has 6 nitrogen and oxygen atoms in total. The van der Waals surface area contributed by atoms with Gasteiger partial charge in [-0.15, -0.1) is 12.4 Å². The Hall–Kier alpha value is -2.83. The van der Waals surface area contributed by atoms with Crippen molar-refractivity contribution in [3.05, 3.63) is 71.8 Å². The maximum atomic E-state index is 13.6. The Bertz CT molecular complexity index is 1110. The van der Waals surface area contributed by atoms with Gasteiger partial charge in [0.25, 0.3) is 0 Å². The van der Waals surface area contributed by atoms with E-state index in [9.17, 15) is 4.79 Å². The molecule has 1 fully saturated rings. The van der Waals surface area contributed by atoms with Crippen LogP contribution in [0.25, 0.3) is 0 Å². The van der Waals surface area contributed by atoms with E-state index in [0.717, 1.165) is 50.0 Å². The van der Waals surface area contributed by atoms with E-state index in [4.69, 9.17) is 14.6 Å². The van der Waals surface area contributed by atoms with Gasteiger partial charge in [0.2, 0.25) is 5.91 Å². The van der Waals surface area contributed by atoms with Gasteiger partial charge in [-0.1, -0.05) is 42.5 Å². The van der Waals surface area contributed by atoms with Crippen LogP contribution in [0, 0.1) is 11.8 Å². The number of hydrogen-bond acceptors (Lipinski definition) is 5. The van der Waals surface area contributed by atoms with Crippen molar-refractivity contribution in [1.29, 1.82) is 0 Å². The monoisotopic (exact) mass is 509 g/mol. The number of rotatable bonds is 6. The van der Waals surface area contributed by atoms with Gasteiger partial charge < -0.3 is 9.47 Å². The highest BCUT2D eigenvalue weighted by molar-refractivity contribution is 6.07. The maximum absolute atomic E-state index is 13.6. The quantitative estimate of drug-likeness (QED) is 0.484. The molecule has 1 unspecified atom stereocenters. The Balaban J connectivity index is 0.00000304. The lowest BCUT2D eigenvalue weighted by atomic mass is 9.76. The molecule has 2 aromatic rings. The van der Waals surface area contributed by atoms with Gasteiger partial charge in [0.1, 0.15) is 0 Å². The van der Waals surface area contributed by atoms with E-state index in [1.165, 1.54) is 5.56 Å². The van der Waals surface area contributed by atoms with Crippen LogP contribution in [0.5, 0.6) is 11.5 Å². The molecule has 0 bridgehead atoms. The highest BCUT2D eigenvalue weighted by atomic mass is 35.5. The SMILES string of the molecule is COc1ccc(C2=NN(C3CCN(C(C)c4ccccc4)CC3)C(=O)[C@@H]3CC=CC[C@H]23)cc1OC.Cl. The summed E-state index contributed by atoms with van der Waals surface area (Å²) in [6.07, 6.45) is 7.81. The van der Waals surface area contributed by atoms with Crippen molar-refractivity contribution in [1.82, 2.24) is 9.91 Å². The maximum Gasteiger partial charge on any atom is 0.247 e. The van der Waals surface area contributed by atoms with Crippen molar-refractivity contribution in [2.75, 3.05) is 27.3 Å². The van der Waals surface area contributed by atoms with Crippen molar-refractivity contribution < 1.29 is 14.3 Å². The second-order valence-corrected chi connectivity index (χ2v) is 9.75. The largest absolute Gasteiger partial charge is 0.493 e. The normalized spacial score (nSPS) is 23.4. The van der Waals surface area contributed by atoms with E-state index in [1.807, 2.05) is 23.2 Å². The fraction of sp³-hybridized carbons (Fsp3) is 0.448. The first-order valence-corrected chi connectivity index (χ1v) is 12.7. The van der Waals surface area contributed by atoms with Crippen molar-refractivity contribution >= 4 is 24.0 Å². The molecule has 7 heteroatoms. The first kappa shape index (κ1) is 26.2. The lowest BCUT2D eigenvalue weighted by Crippen LogP contribution is -2.52. The van der Waals surface area contributed by atoms with Crippen LogP contribution in [0.15, 0.2) is 65.8 Å². The summed E-state index contributed by atoms with van der Waals surface area (Å²) >= 11 is 0. The van der Waals surface area contributed by atoms with Crippen LogP contribution < -0.4 is 9.47 Å². The molecule has 1 amide bonds. The first-order chi connectivity index (χ1) is 17.1. The highest BCUT2D eigenvalue weighted by Crippen LogP contribution is 2.38. The van der Waals surface area contributed by atoms with Crippen LogP contribution >= 0.6 is 12.4 Å². The number of nitrogens with zero attached hydrogens (tertiary/aromatic N) is 3. The summed E-state index contributed by atoms with van der Waals surface area (Å²) in [5.41, 5.74) is 3.33. The van der Waals surface area contributed by atoms with Crippen LogP contribution in [0.3, 0.4) is 0 Å². The summed E-state index contributed by atoms with van der Waals surface area (Å²) in [4.78, 5) is 16.1. The molecule has 5 rings (SSSR count). The molecule has 1 aliphatic carbocycles. The molecular formula is C29H36ClN3O3. The Kier molecular flexibility index (Phi) is 8.37. The number of carbonyl (C=O) groups is 1. The van der Waals surface area contributed by atoms with Crippen molar-refractivity contribution in [2.24, 2.45) is 16.9 Å². The third kappa shape index (κ3) is 5.02. The molecule has 3 atom stereocenters. The Morgan fingerprint density at radius 3 is 2.25 bits per heavy atom. The number of likely N-dealkylation sites (tertiary alicyclic amines) is 1. The minimum atomic E-state index is -0.0538. The third-order valence-electron chi connectivity index (χ3n) is 7.90. The van der Waals surface area contributed by atoms with Gasteiger partial charge in [-0.05, 0) is 56.4 Å². The molecule has 2 heterocycles. The van der Waals surface area contributed by atoms with Gasteiger partial charge in [0.15, 0.2) is 11.5 Å². The molecule has 192 valence electrons. The average Bonchev–Trinajstić information content (AvgIpc) is 2.93. The number of halogens is 1. The van der Waals surface area contributed by atoms with Gasteiger partial charge in [-0.3, -0.25) is 9.69 Å². The average molecular weight is 510 g/mol. The summed E-state index contributed by atoms with van der Waals surface area (Å²) in [6, 6.07) is 17.1. The van der Waals surface area contributed by atoms with Crippen molar-refractivity contribution in [3.63, 3.8) is 0 Å². The summed E-state index contributed by atoms with van der Waals surface area (Å²) in [7, 11) is 3.29. The standard InChI is InChI=1S/C29H35N3O3.ClH/c1-20(21-9-5-4-6-10-21)31-17-15-23(16-18-31)32-29(33)25-12-8-7-11-24(25)28(30-32)22-13-14-26(34-2)27(19-22)35-3;/h4-10,13-14,19-20,23-25H,11-12,15-18H2,1-3H3;1H/t20?,24-,25+;/m0./s1. The van der Waals surface area contributed by atoms with Gasteiger partial charge in [0.05, 0.1) is 31.9 Å². The lowest BCUT2D eigenvalue weighted by Gasteiger charge is -2.43. The number of amides is 1. The van der Waals surface area contributed by atoms with E-state index in [1.54, 1.807) is 14.2 Å². The number of piperidine rings is 1. The number of carbonyl (C=O) groups excluding carboxylic acids is 1.